The van der Waals surface area contributed by atoms with E-state index >= 15 is 0 Å². The molecule has 3 fully saturated rings. The van der Waals surface area contributed by atoms with Gasteiger partial charge in [0.2, 0.25) is 5.91 Å². The molecule has 15 heavy (non-hydrogen) atoms. The number of rotatable bonds is 2. The molecule has 3 rings (SSSR count). The van der Waals surface area contributed by atoms with Crippen molar-refractivity contribution in [1.82, 2.24) is 4.90 Å². The molecule has 5 heteroatoms. The van der Waals surface area contributed by atoms with Crippen LogP contribution in [0.15, 0.2) is 0 Å². The van der Waals surface area contributed by atoms with Crippen LogP contribution in [0, 0.1) is 11.8 Å². The molecule has 0 radical (unpaired) electrons. The molecule has 2 bridgehead atoms. The lowest BCUT2D eigenvalue weighted by Crippen LogP contribution is -2.40. The number of carboxylic acids is 1. The van der Waals surface area contributed by atoms with Crippen LogP contribution in [0.1, 0.15) is 12.8 Å². The fourth-order valence-corrected chi connectivity index (χ4v) is 4.06. The predicted molar refractivity (Wildman–Crippen MR) is 55.6 cm³/mol. The molecule has 0 aromatic carbocycles. The Kier molecular flexibility index (Phi) is 1.99. The van der Waals surface area contributed by atoms with E-state index in [2.05, 4.69) is 0 Å². The summed E-state index contributed by atoms with van der Waals surface area (Å²) in [5.74, 6) is -0.292. The van der Waals surface area contributed by atoms with Gasteiger partial charge in [0, 0.05) is 23.6 Å². The minimum Gasteiger partial charge on any atom is -0.481 e. The molecule has 0 aromatic rings. The summed E-state index contributed by atoms with van der Waals surface area (Å²) in [6.07, 6.45) is 1.66. The minimum atomic E-state index is -0.813. The van der Waals surface area contributed by atoms with Crippen LogP contribution in [0.4, 0.5) is 0 Å². The zero-order valence-corrected chi connectivity index (χ0v) is 9.07. The molecule has 4 atom stereocenters. The van der Waals surface area contributed by atoms with E-state index in [1.54, 1.807) is 0 Å². The lowest BCUT2D eigenvalue weighted by molar-refractivity contribution is -0.142. The van der Waals surface area contributed by atoms with Crippen LogP contribution in [0.2, 0.25) is 0 Å². The summed E-state index contributed by atoms with van der Waals surface area (Å²) in [6, 6.07) is 0.391. The first-order chi connectivity index (χ1) is 7.16. The second-order valence-corrected chi connectivity index (χ2v) is 5.96. The Morgan fingerprint density at radius 1 is 1.27 bits per heavy atom. The molecule has 2 saturated heterocycles. The van der Waals surface area contributed by atoms with Gasteiger partial charge in [0.25, 0.3) is 0 Å². The van der Waals surface area contributed by atoms with Crippen molar-refractivity contribution >= 4 is 23.6 Å². The molecule has 82 valence electrons. The fourth-order valence-electron chi connectivity index (χ4n) is 2.62. The van der Waals surface area contributed by atoms with Crippen molar-refractivity contribution in [3.05, 3.63) is 0 Å². The number of fused-ring (bicyclic) bond motifs is 2. The molecule has 4 nitrogen and oxygen atoms in total. The highest BCUT2D eigenvalue weighted by molar-refractivity contribution is 8.00. The molecule has 1 aliphatic carbocycles. The molecule has 0 spiro atoms. The topological polar surface area (TPSA) is 57.6 Å². The Bertz CT molecular complexity index is 333. The standard InChI is InChI=1S/C10H13NO3S/c12-9(7-2-8(7)10(13)14)11-3-6-1-5(11)4-15-6/h5-8H,1-4H2,(H,13,14). The first-order valence-electron chi connectivity index (χ1n) is 5.31. The lowest BCUT2D eigenvalue weighted by atomic mass is 10.2. The van der Waals surface area contributed by atoms with Crippen molar-refractivity contribution in [2.75, 3.05) is 12.3 Å². The largest absolute Gasteiger partial charge is 0.481 e. The molecule has 1 saturated carbocycles. The van der Waals surface area contributed by atoms with Crippen LogP contribution >= 0.6 is 11.8 Å². The lowest BCUT2D eigenvalue weighted by Gasteiger charge is -2.26. The number of carbonyl (C=O) groups excluding carboxylic acids is 1. The van der Waals surface area contributed by atoms with Crippen LogP contribution in [-0.4, -0.2) is 45.5 Å². The van der Waals surface area contributed by atoms with Gasteiger partial charge >= 0.3 is 5.97 Å². The molecular weight excluding hydrogens is 214 g/mol. The summed E-state index contributed by atoms with van der Waals surface area (Å²) in [5.41, 5.74) is 0. The van der Waals surface area contributed by atoms with Crippen LogP contribution < -0.4 is 0 Å². The number of aliphatic carboxylic acids is 1. The molecule has 4 unspecified atom stereocenters. The van der Waals surface area contributed by atoms with Gasteiger partial charge in [-0.1, -0.05) is 0 Å². The normalized spacial score (nSPS) is 42.0. The highest BCUT2D eigenvalue weighted by Crippen LogP contribution is 2.44. The Balaban J connectivity index is 1.65. The average Bonchev–Trinajstić information content (AvgIpc) is 2.75. The molecule has 2 heterocycles. The zero-order chi connectivity index (χ0) is 10.6. The van der Waals surface area contributed by atoms with E-state index in [0.717, 1.165) is 18.7 Å². The minimum absolute atomic E-state index is 0.0928. The Labute approximate surface area is 92.0 Å². The highest BCUT2D eigenvalue weighted by atomic mass is 32.2. The van der Waals surface area contributed by atoms with Crippen LogP contribution in [-0.2, 0) is 9.59 Å². The molecule has 3 aliphatic rings. The first kappa shape index (κ1) is 9.51. The third-order valence-corrected chi connectivity index (χ3v) is 5.00. The molecule has 0 aromatic heterocycles. The van der Waals surface area contributed by atoms with Gasteiger partial charge in [0.05, 0.1) is 11.8 Å². The number of likely N-dealkylation sites (tertiary alicyclic amines) is 1. The molecule has 2 aliphatic heterocycles. The van der Waals surface area contributed by atoms with Crippen molar-refractivity contribution in [2.45, 2.75) is 24.1 Å². The van der Waals surface area contributed by atoms with E-state index in [1.807, 2.05) is 16.7 Å². The Morgan fingerprint density at radius 3 is 2.53 bits per heavy atom. The Morgan fingerprint density at radius 2 is 2.07 bits per heavy atom. The van der Waals surface area contributed by atoms with Gasteiger partial charge < -0.3 is 10.0 Å². The van der Waals surface area contributed by atoms with Gasteiger partial charge in [-0.15, -0.1) is 0 Å². The monoisotopic (exact) mass is 227 g/mol. The van der Waals surface area contributed by atoms with E-state index < -0.39 is 11.9 Å². The summed E-state index contributed by atoms with van der Waals surface area (Å²) >= 11 is 1.94. The average molecular weight is 227 g/mol. The summed E-state index contributed by atoms with van der Waals surface area (Å²) in [4.78, 5) is 24.6. The van der Waals surface area contributed by atoms with Crippen molar-refractivity contribution < 1.29 is 14.7 Å². The number of carboxylic acid groups (broad SMARTS) is 1. The number of hydrogen-bond acceptors (Lipinski definition) is 3. The molecule has 1 amide bonds. The summed E-state index contributed by atoms with van der Waals surface area (Å²) in [5, 5.41) is 9.38. The van der Waals surface area contributed by atoms with Gasteiger partial charge in [-0.25, -0.2) is 0 Å². The van der Waals surface area contributed by atoms with Crippen LogP contribution in [0.25, 0.3) is 0 Å². The van der Waals surface area contributed by atoms with Crippen molar-refractivity contribution in [3.8, 4) is 0 Å². The van der Waals surface area contributed by atoms with E-state index in [0.29, 0.717) is 17.7 Å². The van der Waals surface area contributed by atoms with Gasteiger partial charge in [-0.3, -0.25) is 9.59 Å². The van der Waals surface area contributed by atoms with E-state index in [1.165, 1.54) is 0 Å². The van der Waals surface area contributed by atoms with E-state index in [-0.39, 0.29) is 11.8 Å². The van der Waals surface area contributed by atoms with E-state index in [4.69, 9.17) is 5.11 Å². The summed E-state index contributed by atoms with van der Waals surface area (Å²) < 4.78 is 0. The number of carbonyl (C=O) groups is 2. The van der Waals surface area contributed by atoms with Gasteiger partial charge in [0.15, 0.2) is 0 Å². The SMILES string of the molecule is O=C(O)C1CC1C(=O)N1CC2CC1CS2. The van der Waals surface area contributed by atoms with Gasteiger partial charge in [-0.05, 0) is 12.8 Å². The first-order valence-corrected chi connectivity index (χ1v) is 6.36. The fraction of sp³-hybridized carbons (Fsp3) is 0.800. The maximum Gasteiger partial charge on any atom is 0.307 e. The second kappa shape index (κ2) is 3.14. The van der Waals surface area contributed by atoms with Crippen molar-refractivity contribution in [2.24, 2.45) is 11.8 Å². The highest BCUT2D eigenvalue weighted by Gasteiger charge is 2.53. The maximum atomic E-state index is 12.0. The number of hydrogen-bond donors (Lipinski definition) is 1. The maximum absolute atomic E-state index is 12.0. The van der Waals surface area contributed by atoms with Crippen molar-refractivity contribution in [1.29, 1.82) is 0 Å². The summed E-state index contributed by atoms with van der Waals surface area (Å²) in [7, 11) is 0. The number of nitrogens with zero attached hydrogens (tertiary/aromatic N) is 1. The number of amides is 1. The van der Waals surface area contributed by atoms with Crippen LogP contribution in [0.5, 0.6) is 0 Å². The zero-order valence-electron chi connectivity index (χ0n) is 8.26. The predicted octanol–water partition coefficient (Wildman–Crippen LogP) is 0.423. The van der Waals surface area contributed by atoms with Gasteiger partial charge in [-0.2, -0.15) is 11.8 Å². The molecular formula is C10H13NO3S. The van der Waals surface area contributed by atoms with Gasteiger partial charge in [0.1, 0.15) is 0 Å². The quantitative estimate of drug-likeness (QED) is 0.743. The molecule has 1 N–H and O–H groups in total. The Hall–Kier alpha value is -0.710. The van der Waals surface area contributed by atoms with E-state index in [9.17, 15) is 9.59 Å². The number of thioether (sulfide) groups is 1. The smallest absolute Gasteiger partial charge is 0.307 e. The van der Waals surface area contributed by atoms with Crippen LogP contribution in [0.3, 0.4) is 0 Å². The third-order valence-electron chi connectivity index (χ3n) is 3.61. The van der Waals surface area contributed by atoms with Crippen molar-refractivity contribution in [3.63, 3.8) is 0 Å². The summed E-state index contributed by atoms with van der Waals surface area (Å²) in [6.45, 7) is 0.844. The second-order valence-electron chi connectivity index (χ2n) is 4.62. The third kappa shape index (κ3) is 1.44.